The zero-order chi connectivity index (χ0) is 22.7. The van der Waals surface area contributed by atoms with E-state index in [0.29, 0.717) is 25.8 Å². The number of ether oxygens (including phenoxy) is 1. The number of nitrogens with one attached hydrogen (secondary N) is 1. The van der Waals surface area contributed by atoms with E-state index >= 15 is 0 Å². The van der Waals surface area contributed by atoms with Crippen LogP contribution in [0.5, 0.6) is 5.75 Å². The summed E-state index contributed by atoms with van der Waals surface area (Å²) in [5.41, 5.74) is 1.82. The van der Waals surface area contributed by atoms with Crippen molar-refractivity contribution in [2.24, 2.45) is 5.10 Å². The number of anilines is 1. The molecule has 31 heavy (non-hydrogen) atoms. The Morgan fingerprint density at radius 1 is 0.871 bits per heavy atom. The van der Waals surface area contributed by atoms with E-state index in [1.165, 1.54) is 0 Å². The maximum absolute atomic E-state index is 13.6. The molecule has 0 aliphatic rings. The van der Waals surface area contributed by atoms with Gasteiger partial charge in [0.25, 0.3) is 0 Å². The van der Waals surface area contributed by atoms with Gasteiger partial charge in [-0.25, -0.2) is 22.0 Å². The van der Waals surface area contributed by atoms with Gasteiger partial charge in [-0.1, -0.05) is 29.3 Å². The van der Waals surface area contributed by atoms with Gasteiger partial charge >= 0.3 is 0 Å². The molecule has 0 spiro atoms. The topological polar surface area (TPSA) is 33.6 Å². The number of nitrogens with zero attached hydrogens (tertiary/aromatic N) is 1. The molecule has 0 radical (unpaired) electrons. The average molecular weight is 540 g/mol. The summed E-state index contributed by atoms with van der Waals surface area (Å²) >= 11 is 15.1. The second kappa shape index (κ2) is 9.84. The summed E-state index contributed by atoms with van der Waals surface area (Å²) in [4.78, 5) is 0. The summed E-state index contributed by atoms with van der Waals surface area (Å²) < 4.78 is 72.9. The molecular weight excluding hydrogens is 530 g/mol. The second-order valence-corrected chi connectivity index (χ2v) is 7.71. The van der Waals surface area contributed by atoms with Gasteiger partial charge in [-0.05, 0) is 57.4 Å². The van der Waals surface area contributed by atoms with Crippen LogP contribution < -0.4 is 10.2 Å². The largest absolute Gasteiger partial charge is 0.488 e. The van der Waals surface area contributed by atoms with Gasteiger partial charge in [-0.2, -0.15) is 5.10 Å². The van der Waals surface area contributed by atoms with Crippen LogP contribution in [0.3, 0.4) is 0 Å². The first kappa shape index (κ1) is 23.3. The fourth-order valence-electron chi connectivity index (χ4n) is 2.38. The molecule has 0 fully saturated rings. The third-order valence-electron chi connectivity index (χ3n) is 3.93. The summed E-state index contributed by atoms with van der Waals surface area (Å²) in [6.07, 6.45) is 1.13. The van der Waals surface area contributed by atoms with E-state index in [2.05, 4.69) is 21.0 Å². The van der Waals surface area contributed by atoms with Gasteiger partial charge in [0.1, 0.15) is 18.0 Å². The fourth-order valence-corrected chi connectivity index (χ4v) is 3.21. The van der Waals surface area contributed by atoms with Crippen molar-refractivity contribution in [2.45, 2.75) is 6.61 Å². The first-order chi connectivity index (χ1) is 14.7. The molecule has 162 valence electrons. The van der Waals surface area contributed by atoms with Crippen LogP contribution >= 0.6 is 39.1 Å². The molecule has 0 saturated carbocycles. The average Bonchev–Trinajstić information content (AvgIpc) is 2.75. The monoisotopic (exact) mass is 538 g/mol. The molecule has 0 bridgehead atoms. The number of hydrogen-bond donors (Lipinski definition) is 1. The summed E-state index contributed by atoms with van der Waals surface area (Å²) in [5, 5.41) is 4.35. The lowest BCUT2D eigenvalue weighted by Crippen LogP contribution is -2.06. The van der Waals surface area contributed by atoms with E-state index in [1.807, 2.05) is 5.43 Å². The molecule has 0 aliphatic heterocycles. The van der Waals surface area contributed by atoms with Gasteiger partial charge in [-0.15, -0.1) is 0 Å². The lowest BCUT2D eigenvalue weighted by molar-refractivity contribution is 0.304. The number of rotatable bonds is 6. The lowest BCUT2D eigenvalue weighted by atomic mass is 10.2. The predicted octanol–water partition coefficient (Wildman–Crippen LogP) is 7.48. The van der Waals surface area contributed by atoms with Crippen LogP contribution in [0.1, 0.15) is 11.1 Å². The first-order valence-electron chi connectivity index (χ1n) is 8.35. The highest BCUT2D eigenvalue weighted by atomic mass is 79.9. The predicted molar refractivity (Wildman–Crippen MR) is 112 cm³/mol. The number of benzene rings is 3. The highest BCUT2D eigenvalue weighted by Crippen LogP contribution is 2.29. The van der Waals surface area contributed by atoms with Crippen LogP contribution in [0.15, 0.2) is 46.0 Å². The van der Waals surface area contributed by atoms with Crippen molar-refractivity contribution in [1.29, 1.82) is 0 Å². The van der Waals surface area contributed by atoms with Gasteiger partial charge in [0, 0.05) is 0 Å². The molecule has 0 aliphatic carbocycles. The molecule has 3 aromatic carbocycles. The minimum atomic E-state index is -2.25. The van der Waals surface area contributed by atoms with Crippen molar-refractivity contribution in [3.8, 4) is 5.75 Å². The molecule has 11 heteroatoms. The zero-order valence-electron chi connectivity index (χ0n) is 15.1. The Morgan fingerprint density at radius 3 is 2.13 bits per heavy atom. The Morgan fingerprint density at radius 2 is 1.52 bits per heavy atom. The first-order valence-corrected chi connectivity index (χ1v) is 9.90. The maximum atomic E-state index is 13.6. The van der Waals surface area contributed by atoms with Crippen LogP contribution in [0.2, 0.25) is 10.0 Å². The SMILES string of the molecule is Fc1c(F)c(F)c(NN=Cc2ccc(OCc3ccc(Cl)c(Cl)c3)c(Br)c2)c(F)c1F. The highest BCUT2D eigenvalue weighted by Gasteiger charge is 2.25. The molecule has 0 unspecified atom stereocenters. The van der Waals surface area contributed by atoms with Gasteiger partial charge in [-0.3, -0.25) is 5.43 Å². The highest BCUT2D eigenvalue weighted by molar-refractivity contribution is 9.10. The van der Waals surface area contributed by atoms with E-state index in [4.69, 9.17) is 27.9 Å². The van der Waals surface area contributed by atoms with Crippen LogP contribution in [-0.2, 0) is 6.61 Å². The van der Waals surface area contributed by atoms with Gasteiger partial charge in [0.15, 0.2) is 23.3 Å². The van der Waals surface area contributed by atoms with Crippen LogP contribution in [0, 0.1) is 29.1 Å². The summed E-state index contributed by atoms with van der Waals surface area (Å²) in [5.74, 6) is -9.92. The Kier molecular flexibility index (Phi) is 7.40. The summed E-state index contributed by atoms with van der Waals surface area (Å²) in [6, 6.07) is 9.82. The standard InChI is InChI=1S/C20H10BrCl2F5N2O/c21-11-5-9(2-4-14(11)31-8-10-1-3-12(22)13(23)6-10)7-29-30-20-18(27)16(25)15(24)17(26)19(20)28/h1-7,30H,8H2. The molecule has 3 rings (SSSR count). The number of hydrogen-bond acceptors (Lipinski definition) is 3. The van der Waals surface area contributed by atoms with Gasteiger partial charge < -0.3 is 4.74 Å². The summed E-state index contributed by atoms with van der Waals surface area (Å²) in [6.45, 7) is 0.213. The third kappa shape index (κ3) is 5.28. The van der Waals surface area contributed by atoms with E-state index in [9.17, 15) is 22.0 Å². The molecule has 0 amide bonds. The molecular formula is C20H10BrCl2F5N2O. The maximum Gasteiger partial charge on any atom is 0.200 e. The van der Waals surface area contributed by atoms with Crippen molar-refractivity contribution >= 4 is 51.0 Å². The van der Waals surface area contributed by atoms with E-state index in [-0.39, 0.29) is 6.61 Å². The lowest BCUT2D eigenvalue weighted by Gasteiger charge is -2.10. The van der Waals surface area contributed by atoms with Crippen molar-refractivity contribution in [1.82, 2.24) is 0 Å². The fraction of sp³-hybridized carbons (Fsp3) is 0.0500. The zero-order valence-corrected chi connectivity index (χ0v) is 18.2. The Bertz CT molecular complexity index is 1150. The van der Waals surface area contributed by atoms with E-state index in [1.54, 1.807) is 36.4 Å². The smallest absolute Gasteiger partial charge is 0.200 e. The normalized spacial score (nSPS) is 11.2. The van der Waals surface area contributed by atoms with Crippen molar-refractivity contribution in [3.63, 3.8) is 0 Å². The van der Waals surface area contributed by atoms with Crippen molar-refractivity contribution in [3.05, 3.63) is 91.1 Å². The van der Waals surface area contributed by atoms with Crippen LogP contribution in [0.25, 0.3) is 0 Å². The van der Waals surface area contributed by atoms with Gasteiger partial charge in [0.2, 0.25) is 5.82 Å². The third-order valence-corrected chi connectivity index (χ3v) is 5.29. The molecule has 0 saturated heterocycles. The van der Waals surface area contributed by atoms with E-state index in [0.717, 1.165) is 11.8 Å². The Balaban J connectivity index is 1.69. The molecule has 3 aromatic rings. The van der Waals surface area contributed by atoms with Crippen molar-refractivity contribution in [2.75, 3.05) is 5.43 Å². The number of halogens is 8. The minimum Gasteiger partial charge on any atom is -0.488 e. The molecule has 0 atom stereocenters. The second-order valence-electron chi connectivity index (χ2n) is 6.04. The molecule has 3 nitrogen and oxygen atoms in total. The minimum absolute atomic E-state index is 0.213. The summed E-state index contributed by atoms with van der Waals surface area (Å²) in [7, 11) is 0. The van der Waals surface area contributed by atoms with Crippen LogP contribution in [-0.4, -0.2) is 6.21 Å². The van der Waals surface area contributed by atoms with Crippen molar-refractivity contribution < 1.29 is 26.7 Å². The quantitative estimate of drug-likeness (QED) is 0.116. The van der Waals surface area contributed by atoms with E-state index < -0.39 is 34.8 Å². The number of hydrazone groups is 1. The molecule has 1 N–H and O–H groups in total. The Hall–Kier alpha value is -2.36. The van der Waals surface area contributed by atoms with Gasteiger partial charge in [0.05, 0.1) is 20.7 Å². The molecule has 0 heterocycles. The Labute approximate surface area is 191 Å². The molecule has 0 aromatic heterocycles. The van der Waals surface area contributed by atoms with Crippen LogP contribution in [0.4, 0.5) is 27.6 Å².